The standard InChI is InChI=1S/C20H16O6/c1-24-13-5-3-4-12(10-13)6-9-16(21)18-19(22)15-8-7-14(25-2)11-17(15)26-20(18)23/h3-11,22H,1-2H3/b9-6+. The fourth-order valence-corrected chi connectivity index (χ4v) is 2.51. The number of ketones is 1. The lowest BCUT2D eigenvalue weighted by atomic mass is 10.1. The first-order chi connectivity index (χ1) is 12.5. The maximum absolute atomic E-state index is 12.4. The van der Waals surface area contributed by atoms with Gasteiger partial charge in [-0.25, -0.2) is 4.79 Å². The summed E-state index contributed by atoms with van der Waals surface area (Å²) in [5.41, 5.74) is -0.474. The van der Waals surface area contributed by atoms with Crippen molar-refractivity contribution in [3.63, 3.8) is 0 Å². The molecule has 0 saturated carbocycles. The molecule has 3 aromatic rings. The van der Waals surface area contributed by atoms with Crippen LogP contribution in [0.3, 0.4) is 0 Å². The number of carbonyl (C=O) groups excluding carboxylic acids is 1. The molecule has 0 aliphatic heterocycles. The van der Waals surface area contributed by atoms with Gasteiger partial charge in [-0.05, 0) is 35.9 Å². The molecule has 1 aromatic heterocycles. The highest BCUT2D eigenvalue weighted by Gasteiger charge is 2.19. The second-order valence-corrected chi connectivity index (χ2v) is 5.45. The Hall–Kier alpha value is -3.54. The van der Waals surface area contributed by atoms with E-state index >= 15 is 0 Å². The van der Waals surface area contributed by atoms with Gasteiger partial charge in [0, 0.05) is 6.07 Å². The number of hydrogen-bond acceptors (Lipinski definition) is 6. The van der Waals surface area contributed by atoms with Crippen molar-refractivity contribution in [1.29, 1.82) is 0 Å². The Kier molecular flexibility index (Phi) is 4.75. The van der Waals surface area contributed by atoms with Gasteiger partial charge in [0.15, 0.2) is 5.78 Å². The van der Waals surface area contributed by atoms with Crippen LogP contribution in [0.4, 0.5) is 0 Å². The smallest absolute Gasteiger partial charge is 0.351 e. The summed E-state index contributed by atoms with van der Waals surface area (Å²) in [5, 5.41) is 10.6. The van der Waals surface area contributed by atoms with E-state index in [-0.39, 0.29) is 11.0 Å². The molecule has 0 bridgehead atoms. The number of methoxy groups -OCH3 is 2. The van der Waals surface area contributed by atoms with Crippen molar-refractivity contribution < 1.29 is 23.8 Å². The van der Waals surface area contributed by atoms with Gasteiger partial charge >= 0.3 is 5.63 Å². The fraction of sp³-hybridized carbons (Fsp3) is 0.100. The van der Waals surface area contributed by atoms with Crippen molar-refractivity contribution in [2.45, 2.75) is 0 Å². The summed E-state index contributed by atoms with van der Waals surface area (Å²) in [4.78, 5) is 24.6. The molecule has 0 atom stereocenters. The minimum absolute atomic E-state index is 0.139. The molecule has 1 heterocycles. The number of aromatic hydroxyl groups is 1. The quantitative estimate of drug-likeness (QED) is 0.430. The van der Waals surface area contributed by atoms with E-state index in [1.54, 1.807) is 37.4 Å². The van der Waals surface area contributed by atoms with Crippen LogP contribution in [0.15, 0.2) is 57.8 Å². The molecule has 132 valence electrons. The van der Waals surface area contributed by atoms with Crippen LogP contribution in [-0.4, -0.2) is 25.1 Å². The molecule has 1 N–H and O–H groups in total. The Morgan fingerprint density at radius 2 is 1.81 bits per heavy atom. The Balaban J connectivity index is 2.00. The average Bonchev–Trinajstić information content (AvgIpc) is 2.66. The van der Waals surface area contributed by atoms with Crippen LogP contribution < -0.4 is 15.1 Å². The van der Waals surface area contributed by atoms with Gasteiger partial charge in [0.25, 0.3) is 0 Å². The molecular weight excluding hydrogens is 336 g/mol. The lowest BCUT2D eigenvalue weighted by Gasteiger charge is -2.05. The van der Waals surface area contributed by atoms with Crippen LogP contribution in [0, 0.1) is 0 Å². The highest BCUT2D eigenvalue weighted by atomic mass is 16.5. The molecule has 0 amide bonds. The zero-order valence-electron chi connectivity index (χ0n) is 14.2. The third-order valence-corrected chi connectivity index (χ3v) is 3.85. The van der Waals surface area contributed by atoms with E-state index in [1.165, 1.54) is 31.4 Å². The molecule has 0 aliphatic carbocycles. The summed E-state index contributed by atoms with van der Waals surface area (Å²) in [7, 11) is 3.02. The maximum atomic E-state index is 12.4. The SMILES string of the molecule is COc1cccc(/C=C/C(=O)c2c(O)c3ccc(OC)cc3oc2=O)c1. The highest BCUT2D eigenvalue weighted by Crippen LogP contribution is 2.29. The molecule has 6 heteroatoms. The zero-order valence-corrected chi connectivity index (χ0v) is 14.2. The van der Waals surface area contributed by atoms with Gasteiger partial charge in [0.1, 0.15) is 28.4 Å². The van der Waals surface area contributed by atoms with Gasteiger partial charge in [-0.15, -0.1) is 0 Å². The van der Waals surface area contributed by atoms with E-state index in [4.69, 9.17) is 13.9 Å². The maximum Gasteiger partial charge on any atom is 0.351 e. The van der Waals surface area contributed by atoms with Crippen LogP contribution in [0.2, 0.25) is 0 Å². The molecule has 0 fully saturated rings. The molecule has 6 nitrogen and oxygen atoms in total. The number of carbonyl (C=O) groups is 1. The molecule has 0 saturated heterocycles. The molecule has 3 rings (SSSR count). The molecule has 0 unspecified atom stereocenters. The lowest BCUT2D eigenvalue weighted by Crippen LogP contribution is -2.12. The normalized spacial score (nSPS) is 11.0. The van der Waals surface area contributed by atoms with Crippen LogP contribution >= 0.6 is 0 Å². The summed E-state index contributed by atoms with van der Waals surface area (Å²) < 4.78 is 15.3. The number of hydrogen-bond donors (Lipinski definition) is 1. The third kappa shape index (κ3) is 3.30. The van der Waals surface area contributed by atoms with Crippen LogP contribution in [0.1, 0.15) is 15.9 Å². The lowest BCUT2D eigenvalue weighted by molar-refractivity contribution is 0.104. The Bertz CT molecular complexity index is 1060. The molecule has 0 aliphatic rings. The molecular formula is C20H16O6. The predicted molar refractivity (Wildman–Crippen MR) is 97.1 cm³/mol. The first-order valence-electron chi connectivity index (χ1n) is 7.73. The largest absolute Gasteiger partial charge is 0.506 e. The van der Waals surface area contributed by atoms with Gasteiger partial charge in [-0.1, -0.05) is 18.2 Å². The second kappa shape index (κ2) is 7.14. The van der Waals surface area contributed by atoms with E-state index in [0.717, 1.165) is 0 Å². The molecule has 0 spiro atoms. The predicted octanol–water partition coefficient (Wildman–Crippen LogP) is 3.41. The number of ether oxygens (including phenoxy) is 2. The van der Waals surface area contributed by atoms with E-state index in [0.29, 0.717) is 17.1 Å². The van der Waals surface area contributed by atoms with E-state index in [1.807, 2.05) is 0 Å². The topological polar surface area (TPSA) is 86.0 Å². The van der Waals surface area contributed by atoms with Crippen molar-refractivity contribution in [1.82, 2.24) is 0 Å². The highest BCUT2D eigenvalue weighted by molar-refractivity contribution is 6.10. The summed E-state index contributed by atoms with van der Waals surface area (Å²) in [6, 6.07) is 11.7. The van der Waals surface area contributed by atoms with Gasteiger partial charge in [-0.2, -0.15) is 0 Å². The van der Waals surface area contributed by atoms with Gasteiger partial charge in [0.2, 0.25) is 0 Å². The minimum atomic E-state index is -0.913. The first kappa shape index (κ1) is 17.3. The van der Waals surface area contributed by atoms with Crippen molar-refractivity contribution >= 4 is 22.8 Å². The van der Waals surface area contributed by atoms with Crippen molar-refractivity contribution in [3.8, 4) is 17.2 Å². The van der Waals surface area contributed by atoms with Crippen LogP contribution in [0.25, 0.3) is 17.0 Å². The Morgan fingerprint density at radius 1 is 1.08 bits per heavy atom. The van der Waals surface area contributed by atoms with Crippen molar-refractivity contribution in [2.24, 2.45) is 0 Å². The monoisotopic (exact) mass is 352 g/mol. The summed E-state index contributed by atoms with van der Waals surface area (Å²) in [5.74, 6) is 0.0367. The Labute approximate surface area is 148 Å². The average molecular weight is 352 g/mol. The number of benzene rings is 2. The van der Waals surface area contributed by atoms with E-state index < -0.39 is 22.7 Å². The van der Waals surface area contributed by atoms with Crippen LogP contribution in [0.5, 0.6) is 17.2 Å². The van der Waals surface area contributed by atoms with Gasteiger partial charge < -0.3 is 19.0 Å². The summed E-state index contributed by atoms with van der Waals surface area (Å²) in [6.45, 7) is 0. The molecule has 26 heavy (non-hydrogen) atoms. The number of rotatable bonds is 5. The van der Waals surface area contributed by atoms with E-state index in [2.05, 4.69) is 0 Å². The summed E-state index contributed by atoms with van der Waals surface area (Å²) in [6.07, 6.45) is 2.73. The fourth-order valence-electron chi connectivity index (χ4n) is 2.51. The third-order valence-electron chi connectivity index (χ3n) is 3.85. The minimum Gasteiger partial charge on any atom is -0.506 e. The summed E-state index contributed by atoms with van der Waals surface area (Å²) >= 11 is 0. The second-order valence-electron chi connectivity index (χ2n) is 5.45. The van der Waals surface area contributed by atoms with Crippen LogP contribution in [-0.2, 0) is 0 Å². The van der Waals surface area contributed by atoms with Crippen molar-refractivity contribution in [2.75, 3.05) is 14.2 Å². The van der Waals surface area contributed by atoms with E-state index in [9.17, 15) is 14.7 Å². The zero-order chi connectivity index (χ0) is 18.7. The molecule has 0 radical (unpaired) electrons. The molecule has 2 aromatic carbocycles. The Morgan fingerprint density at radius 3 is 2.54 bits per heavy atom. The number of fused-ring (bicyclic) bond motifs is 1. The first-order valence-corrected chi connectivity index (χ1v) is 7.73. The van der Waals surface area contributed by atoms with Gasteiger partial charge in [0.05, 0.1) is 19.6 Å². The number of allylic oxidation sites excluding steroid dienone is 1. The van der Waals surface area contributed by atoms with Gasteiger partial charge in [-0.3, -0.25) is 4.79 Å². The van der Waals surface area contributed by atoms with Crippen molar-refractivity contribution in [3.05, 3.63) is 70.1 Å².